The van der Waals surface area contributed by atoms with Crippen LogP contribution < -0.4 is 14.2 Å². The van der Waals surface area contributed by atoms with Crippen LogP contribution in [0.25, 0.3) is 0 Å². The van der Waals surface area contributed by atoms with Gasteiger partial charge in [-0.25, -0.2) is 13.1 Å². The van der Waals surface area contributed by atoms with E-state index in [1.807, 2.05) is 12.1 Å². The van der Waals surface area contributed by atoms with Gasteiger partial charge in [0.2, 0.25) is 10.0 Å². The fourth-order valence-electron chi connectivity index (χ4n) is 2.54. The quantitative estimate of drug-likeness (QED) is 0.642. The van der Waals surface area contributed by atoms with Crippen molar-refractivity contribution in [3.05, 3.63) is 53.6 Å². The first-order chi connectivity index (χ1) is 12.9. The molecule has 0 spiro atoms. The third kappa shape index (κ3) is 5.97. The minimum Gasteiger partial charge on any atom is -0.493 e. The molecule has 0 aliphatic heterocycles. The molecular weight excluding hydrogens is 370 g/mol. The van der Waals surface area contributed by atoms with E-state index < -0.39 is 16.0 Å². The zero-order valence-electron chi connectivity index (χ0n) is 15.3. The Morgan fingerprint density at radius 2 is 1.59 bits per heavy atom. The lowest BCUT2D eigenvalue weighted by Gasteiger charge is -2.10. The zero-order valence-corrected chi connectivity index (χ0v) is 16.1. The summed E-state index contributed by atoms with van der Waals surface area (Å²) in [7, 11) is -0.529. The first-order valence-corrected chi connectivity index (χ1v) is 9.85. The topological polar surface area (TPSA) is 102 Å². The molecule has 2 aromatic carbocycles. The molecule has 0 unspecified atom stereocenters. The van der Waals surface area contributed by atoms with Gasteiger partial charge >= 0.3 is 5.97 Å². The maximum atomic E-state index is 12.4. The van der Waals surface area contributed by atoms with Gasteiger partial charge in [-0.1, -0.05) is 18.2 Å². The minimum absolute atomic E-state index is 0.00959. The summed E-state index contributed by atoms with van der Waals surface area (Å²) in [6.45, 7) is 0.235. The molecule has 0 aliphatic carbocycles. The van der Waals surface area contributed by atoms with E-state index >= 15 is 0 Å². The van der Waals surface area contributed by atoms with E-state index in [-0.39, 0.29) is 17.9 Å². The van der Waals surface area contributed by atoms with E-state index in [2.05, 4.69) is 4.72 Å². The number of nitrogens with one attached hydrogen (secondary N) is 1. The molecule has 0 radical (unpaired) electrons. The number of aliphatic carboxylic acids is 1. The maximum absolute atomic E-state index is 12.4. The van der Waals surface area contributed by atoms with Crippen LogP contribution in [0.5, 0.6) is 11.5 Å². The Bertz CT molecular complexity index is 878. The normalized spacial score (nSPS) is 11.2. The molecule has 0 atom stereocenters. The standard InChI is InChI=1S/C19H23NO6S/c1-25-17-9-5-15(13-18(17)26-2)11-12-20-27(23,24)16-7-3-14(4-8-16)6-10-19(21)22/h3-5,7-9,13,20H,6,10-12H2,1-2H3,(H,21,22). The van der Waals surface area contributed by atoms with E-state index in [9.17, 15) is 13.2 Å². The number of carboxylic acid groups (broad SMARTS) is 1. The predicted molar refractivity (Wildman–Crippen MR) is 101 cm³/mol. The molecule has 2 aromatic rings. The third-order valence-electron chi connectivity index (χ3n) is 4.01. The van der Waals surface area contributed by atoms with Gasteiger partial charge in [-0.2, -0.15) is 0 Å². The van der Waals surface area contributed by atoms with E-state index in [0.717, 1.165) is 11.1 Å². The van der Waals surface area contributed by atoms with E-state index in [1.54, 1.807) is 32.4 Å². The predicted octanol–water partition coefficient (Wildman–Crippen LogP) is 2.24. The van der Waals surface area contributed by atoms with Crippen LogP contribution in [-0.4, -0.2) is 40.3 Å². The number of hydrogen-bond donors (Lipinski definition) is 2. The van der Waals surface area contributed by atoms with Gasteiger partial charge in [0.25, 0.3) is 0 Å². The summed E-state index contributed by atoms with van der Waals surface area (Å²) in [6, 6.07) is 11.7. The van der Waals surface area contributed by atoms with Crippen molar-refractivity contribution in [3.63, 3.8) is 0 Å². The highest BCUT2D eigenvalue weighted by Gasteiger charge is 2.14. The molecule has 0 bridgehead atoms. The molecule has 7 nitrogen and oxygen atoms in total. The molecule has 27 heavy (non-hydrogen) atoms. The van der Waals surface area contributed by atoms with Crippen LogP contribution in [0, 0.1) is 0 Å². The van der Waals surface area contributed by atoms with Gasteiger partial charge in [0.15, 0.2) is 11.5 Å². The average Bonchev–Trinajstić information content (AvgIpc) is 2.66. The largest absolute Gasteiger partial charge is 0.493 e. The van der Waals surface area contributed by atoms with Crippen molar-refractivity contribution in [2.45, 2.75) is 24.2 Å². The van der Waals surface area contributed by atoms with Crippen molar-refractivity contribution in [3.8, 4) is 11.5 Å². The Hall–Kier alpha value is -2.58. The molecule has 146 valence electrons. The Balaban J connectivity index is 1.95. The van der Waals surface area contributed by atoms with Gasteiger partial charge in [0, 0.05) is 13.0 Å². The van der Waals surface area contributed by atoms with Gasteiger partial charge in [0.05, 0.1) is 19.1 Å². The average molecular weight is 393 g/mol. The molecular formula is C19H23NO6S. The number of rotatable bonds is 10. The van der Waals surface area contributed by atoms with Gasteiger partial charge < -0.3 is 14.6 Å². The van der Waals surface area contributed by atoms with E-state index in [1.165, 1.54) is 12.1 Å². The number of sulfonamides is 1. The van der Waals surface area contributed by atoms with Crippen LogP contribution in [0.15, 0.2) is 47.4 Å². The third-order valence-corrected chi connectivity index (χ3v) is 5.49. The number of carbonyl (C=O) groups is 1. The van der Waals surface area contributed by atoms with Crippen molar-refractivity contribution in [1.82, 2.24) is 4.72 Å². The Morgan fingerprint density at radius 1 is 0.963 bits per heavy atom. The molecule has 0 amide bonds. The summed E-state index contributed by atoms with van der Waals surface area (Å²) >= 11 is 0. The van der Waals surface area contributed by atoms with Crippen molar-refractivity contribution in [1.29, 1.82) is 0 Å². The highest BCUT2D eigenvalue weighted by Crippen LogP contribution is 2.27. The second kappa shape index (κ2) is 9.38. The second-order valence-corrected chi connectivity index (χ2v) is 7.64. The highest BCUT2D eigenvalue weighted by molar-refractivity contribution is 7.89. The summed E-state index contributed by atoms with van der Waals surface area (Å²) in [6.07, 6.45) is 0.869. The fraction of sp³-hybridized carbons (Fsp3) is 0.316. The Labute approximate surface area is 159 Å². The van der Waals surface area contributed by atoms with Crippen LogP contribution >= 0.6 is 0 Å². The first kappa shape index (κ1) is 20.7. The van der Waals surface area contributed by atoms with Crippen molar-refractivity contribution >= 4 is 16.0 Å². The van der Waals surface area contributed by atoms with Gasteiger partial charge in [-0.15, -0.1) is 0 Å². The van der Waals surface area contributed by atoms with Crippen LogP contribution in [0.3, 0.4) is 0 Å². The number of ether oxygens (including phenoxy) is 2. The van der Waals surface area contributed by atoms with Crippen LogP contribution in [0.2, 0.25) is 0 Å². The molecule has 2 rings (SSSR count). The summed E-state index contributed by atoms with van der Waals surface area (Å²) in [5.74, 6) is 0.322. The Morgan fingerprint density at radius 3 is 2.19 bits per heavy atom. The number of aryl methyl sites for hydroxylation is 1. The molecule has 2 N–H and O–H groups in total. The summed E-state index contributed by atoms with van der Waals surface area (Å²) < 4.78 is 37.7. The lowest BCUT2D eigenvalue weighted by Crippen LogP contribution is -2.26. The summed E-state index contributed by atoms with van der Waals surface area (Å²) in [4.78, 5) is 10.7. The van der Waals surface area contributed by atoms with Crippen LogP contribution in [-0.2, 0) is 27.7 Å². The number of benzene rings is 2. The smallest absolute Gasteiger partial charge is 0.303 e. The fourth-order valence-corrected chi connectivity index (χ4v) is 3.57. The van der Waals surface area contributed by atoms with Gasteiger partial charge in [0.1, 0.15) is 0 Å². The molecule has 0 fully saturated rings. The second-order valence-electron chi connectivity index (χ2n) is 5.87. The SMILES string of the molecule is COc1ccc(CCNS(=O)(=O)c2ccc(CCC(=O)O)cc2)cc1OC. The minimum atomic E-state index is -3.63. The van der Waals surface area contributed by atoms with Gasteiger partial charge in [-0.05, 0) is 48.2 Å². The molecule has 0 saturated heterocycles. The number of hydrogen-bond acceptors (Lipinski definition) is 5. The lowest BCUT2D eigenvalue weighted by atomic mass is 10.1. The van der Waals surface area contributed by atoms with Gasteiger partial charge in [-0.3, -0.25) is 4.79 Å². The van der Waals surface area contributed by atoms with E-state index in [0.29, 0.717) is 24.3 Å². The lowest BCUT2D eigenvalue weighted by molar-refractivity contribution is -0.136. The zero-order chi connectivity index (χ0) is 19.9. The molecule has 0 saturated carbocycles. The van der Waals surface area contributed by atoms with Crippen LogP contribution in [0.1, 0.15) is 17.5 Å². The summed E-state index contributed by atoms with van der Waals surface area (Å²) in [5.41, 5.74) is 1.70. The molecule has 0 aromatic heterocycles. The molecule has 0 aliphatic rings. The van der Waals surface area contributed by atoms with Crippen molar-refractivity contribution < 1.29 is 27.8 Å². The van der Waals surface area contributed by atoms with Crippen LogP contribution in [0.4, 0.5) is 0 Å². The first-order valence-electron chi connectivity index (χ1n) is 8.37. The Kier molecular flexibility index (Phi) is 7.20. The van der Waals surface area contributed by atoms with E-state index in [4.69, 9.17) is 14.6 Å². The monoisotopic (exact) mass is 393 g/mol. The summed E-state index contributed by atoms with van der Waals surface area (Å²) in [5, 5.41) is 8.69. The van der Waals surface area contributed by atoms with Crippen molar-refractivity contribution in [2.24, 2.45) is 0 Å². The number of carboxylic acids is 1. The maximum Gasteiger partial charge on any atom is 0.303 e. The molecule has 8 heteroatoms. The highest BCUT2D eigenvalue weighted by atomic mass is 32.2. The van der Waals surface area contributed by atoms with Crippen molar-refractivity contribution in [2.75, 3.05) is 20.8 Å². The molecule has 0 heterocycles. The number of methoxy groups -OCH3 is 2.